The van der Waals surface area contributed by atoms with Crippen molar-refractivity contribution in [2.45, 2.75) is 85.7 Å². The molecule has 0 aliphatic heterocycles. The predicted octanol–water partition coefficient (Wildman–Crippen LogP) is 4.55. The molecule has 1 N–H and O–H groups in total. The summed E-state index contributed by atoms with van der Waals surface area (Å²) in [5, 5.41) is 3.61. The van der Waals surface area contributed by atoms with E-state index >= 15 is 0 Å². The number of nitrogens with zero attached hydrogens (tertiary/aromatic N) is 1. The van der Waals surface area contributed by atoms with Crippen LogP contribution in [0.1, 0.15) is 73.6 Å². The lowest BCUT2D eigenvalue weighted by Gasteiger charge is -2.46. The molecule has 1 fully saturated rings. The van der Waals surface area contributed by atoms with Crippen LogP contribution in [0.25, 0.3) is 0 Å². The lowest BCUT2D eigenvalue weighted by molar-refractivity contribution is 0.0532. The molecule has 3 unspecified atom stereocenters. The number of nitrogens with one attached hydrogen (secondary N) is 1. The monoisotopic (exact) mass is 296 g/mol. The first kappa shape index (κ1) is 19.0. The molecule has 21 heavy (non-hydrogen) atoms. The van der Waals surface area contributed by atoms with E-state index in [0.29, 0.717) is 11.5 Å². The van der Waals surface area contributed by atoms with Crippen LogP contribution in [-0.2, 0) is 0 Å². The predicted molar refractivity (Wildman–Crippen MR) is 94.8 cm³/mol. The molecule has 0 heterocycles. The highest BCUT2D eigenvalue weighted by atomic mass is 15.2. The molecule has 1 aliphatic carbocycles. The molecule has 0 aromatic rings. The van der Waals surface area contributed by atoms with Crippen LogP contribution in [0, 0.1) is 17.3 Å². The minimum absolute atomic E-state index is 0.450. The van der Waals surface area contributed by atoms with Crippen molar-refractivity contribution < 1.29 is 0 Å². The van der Waals surface area contributed by atoms with Gasteiger partial charge in [0.2, 0.25) is 0 Å². The van der Waals surface area contributed by atoms with Gasteiger partial charge in [0.1, 0.15) is 0 Å². The maximum absolute atomic E-state index is 3.61. The fourth-order valence-electron chi connectivity index (χ4n) is 4.05. The summed E-state index contributed by atoms with van der Waals surface area (Å²) in [6.45, 7) is 16.8. The van der Waals surface area contributed by atoms with Gasteiger partial charge in [0.05, 0.1) is 0 Å². The van der Waals surface area contributed by atoms with Gasteiger partial charge in [0.25, 0.3) is 0 Å². The molecule has 1 rings (SSSR count). The quantitative estimate of drug-likeness (QED) is 0.741. The van der Waals surface area contributed by atoms with Gasteiger partial charge in [-0.15, -0.1) is 0 Å². The van der Waals surface area contributed by atoms with Crippen molar-refractivity contribution in [3.63, 3.8) is 0 Å². The van der Waals surface area contributed by atoms with Gasteiger partial charge in [-0.2, -0.15) is 0 Å². The van der Waals surface area contributed by atoms with E-state index in [1.54, 1.807) is 0 Å². The Morgan fingerprint density at radius 2 is 1.71 bits per heavy atom. The second kappa shape index (κ2) is 8.53. The molecule has 0 spiro atoms. The maximum atomic E-state index is 3.61. The first-order valence-electron chi connectivity index (χ1n) is 9.28. The Bertz CT molecular complexity index is 278. The summed E-state index contributed by atoms with van der Waals surface area (Å²) in [7, 11) is 2.15. The molecule has 2 heteroatoms. The molecule has 126 valence electrons. The van der Waals surface area contributed by atoms with Gasteiger partial charge >= 0.3 is 0 Å². The molecule has 0 aromatic carbocycles. The Morgan fingerprint density at radius 3 is 2.14 bits per heavy atom. The standard InChI is InChI=1S/C19H40N2/c1-8-15(9-2)14-21(10-3)18-13-16(19(4,5)6)11-12-17(18)20-7/h15-18,20H,8-14H2,1-7H3. The highest BCUT2D eigenvalue weighted by Crippen LogP contribution is 2.39. The molecular formula is C19H40N2. The van der Waals surface area contributed by atoms with Gasteiger partial charge in [-0.05, 0) is 50.1 Å². The summed E-state index contributed by atoms with van der Waals surface area (Å²) < 4.78 is 0. The van der Waals surface area contributed by atoms with Crippen molar-refractivity contribution in [2.24, 2.45) is 17.3 Å². The Morgan fingerprint density at radius 1 is 1.10 bits per heavy atom. The van der Waals surface area contributed by atoms with Crippen LogP contribution in [0.2, 0.25) is 0 Å². The summed E-state index contributed by atoms with van der Waals surface area (Å²) in [4.78, 5) is 2.77. The minimum atomic E-state index is 0.450. The van der Waals surface area contributed by atoms with Gasteiger partial charge in [-0.1, -0.05) is 54.4 Å². The third kappa shape index (κ3) is 5.25. The summed E-state index contributed by atoms with van der Waals surface area (Å²) in [5.41, 5.74) is 0.450. The van der Waals surface area contributed by atoms with E-state index in [0.717, 1.165) is 17.9 Å². The van der Waals surface area contributed by atoms with E-state index in [2.05, 4.69) is 58.8 Å². The maximum Gasteiger partial charge on any atom is 0.0252 e. The van der Waals surface area contributed by atoms with Crippen LogP contribution in [0.5, 0.6) is 0 Å². The molecule has 1 aliphatic rings. The Kier molecular flexibility index (Phi) is 7.70. The molecule has 3 atom stereocenters. The van der Waals surface area contributed by atoms with Gasteiger partial charge in [0, 0.05) is 18.6 Å². The van der Waals surface area contributed by atoms with Crippen LogP contribution < -0.4 is 5.32 Å². The number of hydrogen-bond acceptors (Lipinski definition) is 2. The average molecular weight is 297 g/mol. The van der Waals surface area contributed by atoms with E-state index in [-0.39, 0.29) is 0 Å². The van der Waals surface area contributed by atoms with E-state index in [1.807, 2.05) is 0 Å². The smallest absolute Gasteiger partial charge is 0.0252 e. The van der Waals surface area contributed by atoms with Crippen molar-refractivity contribution >= 4 is 0 Å². The third-order valence-electron chi connectivity index (χ3n) is 5.93. The van der Waals surface area contributed by atoms with E-state index in [1.165, 1.54) is 45.2 Å². The van der Waals surface area contributed by atoms with Crippen LogP contribution in [0.3, 0.4) is 0 Å². The van der Waals surface area contributed by atoms with Crippen LogP contribution in [0.15, 0.2) is 0 Å². The fourth-order valence-corrected chi connectivity index (χ4v) is 4.05. The zero-order chi connectivity index (χ0) is 16.0. The number of hydrogen-bond donors (Lipinski definition) is 1. The molecule has 0 saturated heterocycles. The lowest BCUT2D eigenvalue weighted by Crippen LogP contribution is -2.54. The topological polar surface area (TPSA) is 15.3 Å². The largest absolute Gasteiger partial charge is 0.315 e. The first-order chi connectivity index (χ1) is 9.87. The molecule has 0 radical (unpaired) electrons. The van der Waals surface area contributed by atoms with Crippen LogP contribution >= 0.6 is 0 Å². The molecule has 0 aromatic heterocycles. The zero-order valence-electron chi connectivity index (χ0n) is 15.7. The summed E-state index contributed by atoms with van der Waals surface area (Å²) in [6, 6.07) is 1.40. The minimum Gasteiger partial charge on any atom is -0.315 e. The second-order valence-corrected chi connectivity index (χ2v) is 8.11. The highest BCUT2D eigenvalue weighted by Gasteiger charge is 2.37. The molecule has 2 nitrogen and oxygen atoms in total. The number of rotatable bonds is 7. The van der Waals surface area contributed by atoms with Crippen LogP contribution in [0.4, 0.5) is 0 Å². The molecule has 0 amide bonds. The second-order valence-electron chi connectivity index (χ2n) is 8.11. The van der Waals surface area contributed by atoms with E-state index < -0.39 is 0 Å². The molecule has 0 bridgehead atoms. The van der Waals surface area contributed by atoms with Crippen LogP contribution in [-0.4, -0.2) is 37.1 Å². The highest BCUT2D eigenvalue weighted by molar-refractivity contribution is 4.93. The van der Waals surface area contributed by atoms with E-state index in [4.69, 9.17) is 0 Å². The normalized spacial score (nSPS) is 27.6. The fraction of sp³-hybridized carbons (Fsp3) is 1.00. The lowest BCUT2D eigenvalue weighted by atomic mass is 9.69. The Labute approximate surface area is 134 Å². The third-order valence-corrected chi connectivity index (χ3v) is 5.93. The van der Waals surface area contributed by atoms with Crippen molar-refractivity contribution in [3.05, 3.63) is 0 Å². The SMILES string of the molecule is CCC(CC)CN(CC)C1CC(C(C)(C)C)CCC1NC. The van der Waals surface area contributed by atoms with Gasteiger partial charge in [0.15, 0.2) is 0 Å². The number of likely N-dealkylation sites (N-methyl/N-ethyl adjacent to an activating group) is 2. The van der Waals surface area contributed by atoms with Crippen molar-refractivity contribution in [1.29, 1.82) is 0 Å². The summed E-state index contributed by atoms with van der Waals surface area (Å²) in [5.74, 6) is 1.72. The van der Waals surface area contributed by atoms with Crippen molar-refractivity contribution in [2.75, 3.05) is 20.1 Å². The summed E-state index contributed by atoms with van der Waals surface area (Å²) in [6.07, 6.45) is 6.71. The van der Waals surface area contributed by atoms with Crippen molar-refractivity contribution in [3.8, 4) is 0 Å². The average Bonchev–Trinajstić information content (AvgIpc) is 2.47. The van der Waals surface area contributed by atoms with Crippen molar-refractivity contribution in [1.82, 2.24) is 10.2 Å². The Balaban J connectivity index is 2.80. The molecular weight excluding hydrogens is 256 g/mol. The zero-order valence-corrected chi connectivity index (χ0v) is 15.7. The van der Waals surface area contributed by atoms with Gasteiger partial charge in [-0.3, -0.25) is 4.90 Å². The first-order valence-corrected chi connectivity index (χ1v) is 9.28. The molecule has 1 saturated carbocycles. The summed E-state index contributed by atoms with van der Waals surface area (Å²) >= 11 is 0. The van der Waals surface area contributed by atoms with E-state index in [9.17, 15) is 0 Å². The van der Waals surface area contributed by atoms with Gasteiger partial charge in [-0.25, -0.2) is 0 Å². The Hall–Kier alpha value is -0.0800. The van der Waals surface area contributed by atoms with Gasteiger partial charge < -0.3 is 5.32 Å².